The fraction of sp³-hybridized carbons (Fsp3) is 0.364. The maximum Gasteiger partial charge on any atom is 0.306 e. The fourth-order valence-corrected chi connectivity index (χ4v) is 2.28. The van der Waals surface area contributed by atoms with Crippen LogP contribution in [0.1, 0.15) is 13.3 Å². The first-order valence-electron chi connectivity index (χ1n) is 4.97. The van der Waals surface area contributed by atoms with Crippen molar-refractivity contribution in [1.82, 2.24) is 0 Å². The molecule has 0 spiro atoms. The van der Waals surface area contributed by atoms with Crippen molar-refractivity contribution in [3.05, 3.63) is 23.2 Å². The lowest BCUT2D eigenvalue weighted by atomic mass is 10.3. The molecule has 0 aromatic heterocycles. The Morgan fingerprint density at radius 1 is 1.56 bits per heavy atom. The summed E-state index contributed by atoms with van der Waals surface area (Å²) in [6, 6.07) is 5.47. The third-order valence-electron chi connectivity index (χ3n) is 1.88. The van der Waals surface area contributed by atoms with Crippen molar-refractivity contribution in [3.8, 4) is 0 Å². The first-order valence-corrected chi connectivity index (χ1v) is 6.34. The number of ether oxygens (including phenoxy) is 1. The molecule has 0 radical (unpaired) electrons. The highest BCUT2D eigenvalue weighted by atomic mass is 35.5. The van der Waals surface area contributed by atoms with Crippen LogP contribution in [0.2, 0.25) is 5.02 Å². The van der Waals surface area contributed by atoms with Gasteiger partial charge >= 0.3 is 5.97 Å². The number of para-hydroxylation sites is 1. The third-order valence-corrected chi connectivity index (χ3v) is 3.29. The Labute approximate surface area is 104 Å². The number of carbonyl (C=O) groups excluding carboxylic acids is 1. The van der Waals surface area contributed by atoms with Gasteiger partial charge in [0.25, 0.3) is 0 Å². The van der Waals surface area contributed by atoms with Gasteiger partial charge in [-0.05, 0) is 19.1 Å². The second-order valence-electron chi connectivity index (χ2n) is 3.06. The molecule has 0 unspecified atom stereocenters. The monoisotopic (exact) mass is 259 g/mol. The van der Waals surface area contributed by atoms with Crippen molar-refractivity contribution >= 4 is 35.0 Å². The molecule has 0 amide bonds. The zero-order valence-corrected chi connectivity index (χ0v) is 10.6. The van der Waals surface area contributed by atoms with Crippen LogP contribution in [0.4, 0.5) is 5.69 Å². The van der Waals surface area contributed by atoms with Crippen LogP contribution in [0.25, 0.3) is 0 Å². The van der Waals surface area contributed by atoms with Crippen LogP contribution < -0.4 is 5.73 Å². The molecular weight excluding hydrogens is 246 g/mol. The fourth-order valence-electron chi connectivity index (χ4n) is 1.12. The summed E-state index contributed by atoms with van der Waals surface area (Å²) in [6.07, 6.45) is 0.379. The summed E-state index contributed by atoms with van der Waals surface area (Å²) in [7, 11) is 0. The Morgan fingerprint density at radius 3 is 3.00 bits per heavy atom. The van der Waals surface area contributed by atoms with E-state index in [2.05, 4.69) is 0 Å². The normalized spacial score (nSPS) is 10.1. The standard InChI is InChI=1S/C11H14ClNO2S/c1-2-15-10(14)6-7-16-9-5-3-4-8(12)11(9)13/h3-5H,2,6-7,13H2,1H3. The van der Waals surface area contributed by atoms with E-state index < -0.39 is 0 Å². The largest absolute Gasteiger partial charge is 0.466 e. The SMILES string of the molecule is CCOC(=O)CCSc1cccc(Cl)c1N. The second kappa shape index (κ2) is 6.66. The van der Waals surface area contributed by atoms with Gasteiger partial charge in [0.2, 0.25) is 0 Å². The van der Waals surface area contributed by atoms with Gasteiger partial charge in [-0.2, -0.15) is 0 Å². The number of rotatable bonds is 5. The molecule has 0 aliphatic carbocycles. The summed E-state index contributed by atoms with van der Waals surface area (Å²) in [4.78, 5) is 12.0. The lowest BCUT2D eigenvalue weighted by Crippen LogP contribution is -2.04. The highest BCUT2D eigenvalue weighted by Crippen LogP contribution is 2.30. The van der Waals surface area contributed by atoms with Crippen LogP contribution in [0, 0.1) is 0 Å². The quantitative estimate of drug-likeness (QED) is 0.502. The number of esters is 1. The van der Waals surface area contributed by atoms with Crippen molar-refractivity contribution < 1.29 is 9.53 Å². The summed E-state index contributed by atoms with van der Waals surface area (Å²) in [5.74, 6) is 0.458. The number of carbonyl (C=O) groups is 1. The number of nitrogens with two attached hydrogens (primary N) is 1. The van der Waals surface area contributed by atoms with Crippen molar-refractivity contribution in [1.29, 1.82) is 0 Å². The molecule has 0 aliphatic rings. The average Bonchev–Trinajstić information content (AvgIpc) is 2.25. The molecule has 0 fully saturated rings. The van der Waals surface area contributed by atoms with Gasteiger partial charge in [0.1, 0.15) is 0 Å². The highest BCUT2D eigenvalue weighted by molar-refractivity contribution is 7.99. The predicted octanol–water partition coefficient (Wildman–Crippen LogP) is 2.97. The molecule has 0 atom stereocenters. The molecule has 0 bridgehead atoms. The zero-order valence-electron chi connectivity index (χ0n) is 9.03. The smallest absolute Gasteiger partial charge is 0.306 e. The first kappa shape index (κ1) is 13.2. The molecule has 0 saturated heterocycles. The van der Waals surface area contributed by atoms with E-state index in [-0.39, 0.29) is 5.97 Å². The molecule has 88 valence electrons. The molecular formula is C11H14ClNO2S. The van der Waals surface area contributed by atoms with E-state index in [1.165, 1.54) is 11.8 Å². The van der Waals surface area contributed by atoms with Crippen LogP contribution in [0.5, 0.6) is 0 Å². The number of hydrogen-bond donors (Lipinski definition) is 1. The van der Waals surface area contributed by atoms with Gasteiger partial charge in [0.05, 0.1) is 23.7 Å². The van der Waals surface area contributed by atoms with Crippen LogP contribution in [-0.4, -0.2) is 18.3 Å². The Bertz CT molecular complexity index is 371. The van der Waals surface area contributed by atoms with Gasteiger partial charge in [-0.15, -0.1) is 11.8 Å². The molecule has 16 heavy (non-hydrogen) atoms. The first-order chi connectivity index (χ1) is 7.65. The van der Waals surface area contributed by atoms with Crippen LogP contribution >= 0.6 is 23.4 Å². The average molecular weight is 260 g/mol. The van der Waals surface area contributed by atoms with E-state index >= 15 is 0 Å². The van der Waals surface area contributed by atoms with Gasteiger partial charge in [-0.3, -0.25) is 4.79 Å². The second-order valence-corrected chi connectivity index (χ2v) is 4.60. The minimum absolute atomic E-state index is 0.185. The molecule has 0 saturated carbocycles. The Hall–Kier alpha value is -0.870. The summed E-state index contributed by atoms with van der Waals surface area (Å²) < 4.78 is 4.82. The molecule has 2 N–H and O–H groups in total. The number of nitrogen functional groups attached to an aromatic ring is 1. The number of halogens is 1. The summed E-state index contributed by atoms with van der Waals surface area (Å²) >= 11 is 7.38. The maximum absolute atomic E-state index is 11.1. The number of hydrogen-bond acceptors (Lipinski definition) is 4. The summed E-state index contributed by atoms with van der Waals surface area (Å²) in [5, 5.41) is 0.543. The van der Waals surface area contributed by atoms with Gasteiger partial charge in [-0.25, -0.2) is 0 Å². The van der Waals surface area contributed by atoms with Gasteiger partial charge in [0.15, 0.2) is 0 Å². The Morgan fingerprint density at radius 2 is 2.31 bits per heavy atom. The van der Waals surface area contributed by atoms with E-state index in [1.54, 1.807) is 13.0 Å². The molecule has 1 aromatic rings. The van der Waals surface area contributed by atoms with E-state index in [4.69, 9.17) is 22.1 Å². The summed E-state index contributed by atoms with van der Waals surface area (Å²) in [5.41, 5.74) is 6.36. The molecule has 5 heteroatoms. The van der Waals surface area contributed by atoms with Crippen LogP contribution in [0.3, 0.4) is 0 Å². The van der Waals surface area contributed by atoms with Gasteiger partial charge in [0, 0.05) is 10.6 Å². The van der Waals surface area contributed by atoms with E-state index in [0.29, 0.717) is 29.5 Å². The van der Waals surface area contributed by atoms with E-state index in [1.807, 2.05) is 12.1 Å². The maximum atomic E-state index is 11.1. The lowest BCUT2D eigenvalue weighted by Gasteiger charge is -2.06. The molecule has 3 nitrogen and oxygen atoms in total. The Balaban J connectivity index is 2.43. The van der Waals surface area contributed by atoms with E-state index in [0.717, 1.165) is 4.90 Å². The van der Waals surface area contributed by atoms with Crippen LogP contribution in [-0.2, 0) is 9.53 Å². The predicted molar refractivity (Wildman–Crippen MR) is 67.8 cm³/mol. The lowest BCUT2D eigenvalue weighted by molar-refractivity contribution is -0.142. The molecule has 0 heterocycles. The van der Waals surface area contributed by atoms with E-state index in [9.17, 15) is 4.79 Å². The zero-order chi connectivity index (χ0) is 12.0. The minimum Gasteiger partial charge on any atom is -0.466 e. The minimum atomic E-state index is -0.185. The van der Waals surface area contributed by atoms with Crippen LogP contribution in [0.15, 0.2) is 23.1 Å². The van der Waals surface area contributed by atoms with Gasteiger partial charge < -0.3 is 10.5 Å². The van der Waals surface area contributed by atoms with Crippen molar-refractivity contribution in [2.45, 2.75) is 18.2 Å². The van der Waals surface area contributed by atoms with Crippen molar-refractivity contribution in [2.75, 3.05) is 18.1 Å². The van der Waals surface area contributed by atoms with Crippen molar-refractivity contribution in [2.24, 2.45) is 0 Å². The third kappa shape index (κ3) is 3.94. The number of benzene rings is 1. The van der Waals surface area contributed by atoms with Gasteiger partial charge in [-0.1, -0.05) is 17.7 Å². The van der Waals surface area contributed by atoms with Crippen molar-refractivity contribution in [3.63, 3.8) is 0 Å². The molecule has 0 aliphatic heterocycles. The molecule has 1 rings (SSSR count). The topological polar surface area (TPSA) is 52.3 Å². The Kier molecular flexibility index (Phi) is 5.49. The highest BCUT2D eigenvalue weighted by Gasteiger charge is 2.06. The number of thioether (sulfide) groups is 1. The molecule has 1 aromatic carbocycles. The number of anilines is 1. The summed E-state index contributed by atoms with van der Waals surface area (Å²) in [6.45, 7) is 2.21.